The number of halogens is 3. The Kier molecular flexibility index (Phi) is 6.66. The summed E-state index contributed by atoms with van der Waals surface area (Å²) in [7, 11) is 0. The number of amides is 1. The minimum atomic E-state index is -4.46. The van der Waals surface area contributed by atoms with Gasteiger partial charge in [-0.05, 0) is 64.3 Å². The zero-order valence-corrected chi connectivity index (χ0v) is 21.2. The molecule has 7 nitrogen and oxygen atoms in total. The molecule has 3 aliphatic rings. The predicted molar refractivity (Wildman–Crippen MR) is 125 cm³/mol. The Morgan fingerprint density at radius 3 is 2.53 bits per heavy atom. The van der Waals surface area contributed by atoms with Gasteiger partial charge in [0.2, 0.25) is 0 Å². The number of hydrogen-bond acceptors (Lipinski definition) is 6. The molecule has 36 heavy (non-hydrogen) atoms. The summed E-state index contributed by atoms with van der Waals surface area (Å²) in [5, 5.41) is 11.5. The Balaban J connectivity index is 1.56. The van der Waals surface area contributed by atoms with Crippen molar-refractivity contribution in [1.29, 1.82) is 0 Å². The number of hydrogen-bond donors (Lipinski definition) is 1. The van der Waals surface area contributed by atoms with E-state index in [1.54, 1.807) is 37.5 Å². The van der Waals surface area contributed by atoms with Gasteiger partial charge < -0.3 is 19.5 Å². The first-order valence-corrected chi connectivity index (χ1v) is 12.2. The average Bonchev–Trinajstić information content (AvgIpc) is 2.99. The van der Waals surface area contributed by atoms with Gasteiger partial charge in [0.15, 0.2) is 0 Å². The van der Waals surface area contributed by atoms with Gasteiger partial charge in [-0.2, -0.15) is 13.2 Å². The molecule has 10 heteroatoms. The fourth-order valence-corrected chi connectivity index (χ4v) is 5.48. The number of esters is 1. The van der Waals surface area contributed by atoms with Crippen molar-refractivity contribution in [1.82, 2.24) is 9.80 Å². The summed E-state index contributed by atoms with van der Waals surface area (Å²) in [6.45, 7) is 9.59. The smallest absolute Gasteiger partial charge is 0.416 e. The first-order chi connectivity index (χ1) is 16.6. The first-order valence-electron chi connectivity index (χ1n) is 12.2. The molecule has 3 unspecified atom stereocenters. The Bertz CT molecular complexity index is 1090. The van der Waals surface area contributed by atoms with Gasteiger partial charge in [-0.1, -0.05) is 6.07 Å². The highest BCUT2D eigenvalue weighted by Gasteiger charge is 2.54. The third-order valence-corrected chi connectivity index (χ3v) is 7.21. The lowest BCUT2D eigenvalue weighted by molar-refractivity contribution is -0.153. The van der Waals surface area contributed by atoms with Crippen molar-refractivity contribution < 1.29 is 37.3 Å². The molecule has 1 aromatic rings. The van der Waals surface area contributed by atoms with Crippen LogP contribution in [0.2, 0.25) is 0 Å². The Morgan fingerprint density at radius 1 is 1.22 bits per heavy atom. The van der Waals surface area contributed by atoms with Crippen molar-refractivity contribution in [2.45, 2.75) is 90.1 Å². The van der Waals surface area contributed by atoms with E-state index in [0.29, 0.717) is 29.7 Å². The lowest BCUT2D eigenvalue weighted by atomic mass is 9.79. The Hall–Kier alpha value is -2.59. The van der Waals surface area contributed by atoms with Crippen LogP contribution >= 0.6 is 0 Å². The zero-order valence-electron chi connectivity index (χ0n) is 21.2. The number of alkyl halides is 3. The highest BCUT2D eigenvalue weighted by Crippen LogP contribution is 2.45. The summed E-state index contributed by atoms with van der Waals surface area (Å²) in [6.07, 6.45) is -5.08. The molecule has 0 aromatic heterocycles. The summed E-state index contributed by atoms with van der Waals surface area (Å²) in [6, 6.07) is 3.37. The molecule has 0 saturated carbocycles. The normalized spacial score (nSPS) is 26.2. The van der Waals surface area contributed by atoms with Crippen LogP contribution in [0, 0.1) is 0 Å². The molecule has 1 amide bonds. The van der Waals surface area contributed by atoms with Crippen LogP contribution < -0.4 is 0 Å². The molecule has 1 saturated heterocycles. The van der Waals surface area contributed by atoms with Crippen molar-refractivity contribution >= 4 is 12.1 Å². The average molecular weight is 511 g/mol. The largest absolute Gasteiger partial charge is 0.451 e. The number of carbonyl (C=O) groups excluding carboxylic acids is 2. The number of fused-ring (bicyclic) bond motifs is 1. The maximum atomic E-state index is 13.2. The molecule has 198 valence electrons. The van der Waals surface area contributed by atoms with Gasteiger partial charge in [0.1, 0.15) is 17.4 Å². The minimum absolute atomic E-state index is 0.112. The summed E-state index contributed by atoms with van der Waals surface area (Å²) >= 11 is 0. The summed E-state index contributed by atoms with van der Waals surface area (Å²) in [5.74, 6) is -0.529. The quantitative estimate of drug-likeness (QED) is 0.594. The second kappa shape index (κ2) is 9.06. The van der Waals surface area contributed by atoms with E-state index >= 15 is 0 Å². The number of carbonyl (C=O) groups is 2. The van der Waals surface area contributed by atoms with Crippen LogP contribution in [0.25, 0.3) is 0 Å². The van der Waals surface area contributed by atoms with Gasteiger partial charge in [-0.15, -0.1) is 0 Å². The first kappa shape index (κ1) is 26.5. The fourth-order valence-electron chi connectivity index (χ4n) is 5.48. The zero-order chi connectivity index (χ0) is 26.6. The summed E-state index contributed by atoms with van der Waals surface area (Å²) in [5.41, 5.74) is -0.432. The maximum absolute atomic E-state index is 13.2. The lowest BCUT2D eigenvalue weighted by Gasteiger charge is -2.46. The number of aliphatic hydroxyl groups excluding tert-OH is 1. The van der Waals surface area contributed by atoms with E-state index in [0.717, 1.165) is 17.7 Å². The van der Waals surface area contributed by atoms with Gasteiger partial charge in [0.25, 0.3) is 0 Å². The van der Waals surface area contributed by atoms with Crippen molar-refractivity contribution in [3.63, 3.8) is 0 Å². The molecule has 1 aromatic carbocycles. The van der Waals surface area contributed by atoms with E-state index in [-0.39, 0.29) is 32.0 Å². The van der Waals surface area contributed by atoms with Crippen LogP contribution in [0.4, 0.5) is 18.0 Å². The number of nitrogens with zero attached hydrogens (tertiary/aromatic N) is 2. The predicted octanol–water partition coefficient (Wildman–Crippen LogP) is 4.41. The van der Waals surface area contributed by atoms with Gasteiger partial charge in [0.05, 0.1) is 5.56 Å². The fraction of sp³-hybridized carbons (Fsp3) is 0.615. The Labute approximate surface area is 208 Å². The molecule has 4 rings (SSSR count). The third kappa shape index (κ3) is 4.98. The van der Waals surface area contributed by atoms with E-state index in [2.05, 4.69) is 0 Å². The SMILES string of the molecule is CC1=C(C(O)N2CCc3ccc(C(F)(F)F)cc3C2)C2(CCN(C(=O)OC(C)(C)C)C(C)C2)OC1=O. The standard InChI is InChI=1S/C26H33F3N2O5/c1-15-13-25(9-11-31(15)23(34)36-24(3,4)5)20(16(2)22(33)35-25)21(32)30-10-8-17-6-7-19(26(27,28)29)12-18(17)14-30/h6-7,12,15,21,32H,8-11,13-14H2,1-5H3. The van der Waals surface area contributed by atoms with Crippen molar-refractivity contribution in [2.24, 2.45) is 0 Å². The molecular formula is C26H33F3N2O5. The maximum Gasteiger partial charge on any atom is 0.416 e. The molecule has 0 aliphatic carbocycles. The van der Waals surface area contributed by atoms with Gasteiger partial charge in [-0.3, -0.25) is 4.90 Å². The topological polar surface area (TPSA) is 79.3 Å². The molecule has 0 bridgehead atoms. The highest BCUT2D eigenvalue weighted by molar-refractivity contribution is 5.92. The van der Waals surface area contributed by atoms with Crippen LogP contribution in [-0.4, -0.2) is 63.5 Å². The van der Waals surface area contributed by atoms with E-state index in [9.17, 15) is 27.9 Å². The van der Waals surface area contributed by atoms with Crippen LogP contribution in [0.5, 0.6) is 0 Å². The number of benzene rings is 1. The van der Waals surface area contributed by atoms with Crippen molar-refractivity contribution in [3.05, 3.63) is 46.0 Å². The number of rotatable bonds is 2. The monoisotopic (exact) mass is 510 g/mol. The van der Waals surface area contributed by atoms with Gasteiger partial charge in [-0.25, -0.2) is 9.59 Å². The van der Waals surface area contributed by atoms with Crippen LogP contribution in [0.3, 0.4) is 0 Å². The van der Waals surface area contributed by atoms with E-state index in [1.807, 2.05) is 6.92 Å². The molecule has 3 atom stereocenters. The second-order valence-electron chi connectivity index (χ2n) is 11.0. The number of aliphatic hydroxyl groups is 1. The Morgan fingerprint density at radius 2 is 1.92 bits per heavy atom. The van der Waals surface area contributed by atoms with E-state index in [1.165, 1.54) is 6.07 Å². The molecule has 3 aliphatic heterocycles. The number of ether oxygens (including phenoxy) is 2. The molecule has 3 heterocycles. The molecule has 1 N–H and O–H groups in total. The highest BCUT2D eigenvalue weighted by atomic mass is 19.4. The molecule has 1 fully saturated rings. The van der Waals surface area contributed by atoms with Crippen molar-refractivity contribution in [2.75, 3.05) is 13.1 Å². The van der Waals surface area contributed by atoms with Crippen LogP contribution in [0.1, 0.15) is 64.2 Å². The van der Waals surface area contributed by atoms with Gasteiger partial charge >= 0.3 is 18.2 Å². The third-order valence-electron chi connectivity index (χ3n) is 7.21. The van der Waals surface area contributed by atoms with E-state index < -0.39 is 41.2 Å². The number of likely N-dealkylation sites (tertiary alicyclic amines) is 1. The molecule has 0 radical (unpaired) electrons. The minimum Gasteiger partial charge on any atom is -0.451 e. The van der Waals surface area contributed by atoms with E-state index in [4.69, 9.17) is 9.47 Å². The van der Waals surface area contributed by atoms with Crippen LogP contribution in [-0.2, 0) is 33.4 Å². The summed E-state index contributed by atoms with van der Waals surface area (Å²) < 4.78 is 51.1. The van der Waals surface area contributed by atoms with Crippen LogP contribution in [0.15, 0.2) is 29.3 Å². The van der Waals surface area contributed by atoms with Crippen molar-refractivity contribution in [3.8, 4) is 0 Å². The number of piperidine rings is 1. The second-order valence-corrected chi connectivity index (χ2v) is 11.0. The lowest BCUT2D eigenvalue weighted by Crippen LogP contribution is -2.56. The molecule has 1 spiro atoms. The molecular weight excluding hydrogens is 477 g/mol. The van der Waals surface area contributed by atoms with Gasteiger partial charge in [0, 0.05) is 49.7 Å². The summed E-state index contributed by atoms with van der Waals surface area (Å²) in [4.78, 5) is 28.6.